The summed E-state index contributed by atoms with van der Waals surface area (Å²) in [4.78, 5) is 47.5. The van der Waals surface area contributed by atoms with Crippen LogP contribution in [0.15, 0.2) is 60.9 Å². The lowest BCUT2D eigenvalue weighted by molar-refractivity contribution is -0.139. The second kappa shape index (κ2) is 15.1. The molecule has 13 heteroatoms. The normalized spacial score (nSPS) is 19.4. The van der Waals surface area contributed by atoms with Gasteiger partial charge in [0.1, 0.15) is 17.8 Å². The number of anilines is 2. The van der Waals surface area contributed by atoms with Gasteiger partial charge in [0.05, 0.1) is 23.8 Å². The molecule has 2 aromatic heterocycles. The zero-order valence-electron chi connectivity index (χ0n) is 26.7. The largest absolute Gasteiger partial charge is 0.481 e. The number of benzene rings is 2. The lowest BCUT2D eigenvalue weighted by atomic mass is 9.90. The average Bonchev–Trinajstić information content (AvgIpc) is 3.45. The maximum Gasteiger partial charge on any atom is 0.304 e. The summed E-state index contributed by atoms with van der Waals surface area (Å²) in [7, 11) is 2.19. The van der Waals surface area contributed by atoms with Gasteiger partial charge in [-0.2, -0.15) is 5.10 Å². The van der Waals surface area contributed by atoms with Crippen LogP contribution in [-0.2, 0) is 14.4 Å². The third-order valence-corrected chi connectivity index (χ3v) is 8.91. The van der Waals surface area contributed by atoms with Crippen LogP contribution in [0.2, 0.25) is 0 Å². The highest BCUT2D eigenvalue weighted by Crippen LogP contribution is 2.37. The number of aliphatic carboxylic acids is 2. The molecule has 1 amide bonds. The van der Waals surface area contributed by atoms with E-state index in [2.05, 4.69) is 32.1 Å². The number of carboxylic acid groups (broad SMARTS) is 2. The number of rotatable bonds is 8. The van der Waals surface area contributed by atoms with E-state index in [1.165, 1.54) is 6.33 Å². The van der Waals surface area contributed by atoms with E-state index in [9.17, 15) is 14.7 Å². The van der Waals surface area contributed by atoms with Gasteiger partial charge in [-0.05, 0) is 50.4 Å². The molecule has 0 spiro atoms. The molecule has 0 bridgehead atoms. The quantitative estimate of drug-likeness (QED) is 0.217. The number of carbonyl (C=O) groups is 3. The van der Waals surface area contributed by atoms with E-state index in [4.69, 9.17) is 20.7 Å². The number of fused-ring (bicyclic) bond motifs is 1. The summed E-state index contributed by atoms with van der Waals surface area (Å²) in [5.41, 5.74) is 9.87. The highest BCUT2D eigenvalue weighted by atomic mass is 16.4. The minimum absolute atomic E-state index is 0.233. The van der Waals surface area contributed by atoms with Crippen molar-refractivity contribution in [2.45, 2.75) is 57.0 Å². The van der Waals surface area contributed by atoms with Crippen LogP contribution in [0, 0.1) is 0 Å². The Hall–Kier alpha value is -4.88. The lowest BCUT2D eigenvalue weighted by Gasteiger charge is -2.41. The summed E-state index contributed by atoms with van der Waals surface area (Å²) in [6, 6.07) is 17.2. The number of amides is 1. The molecule has 4 aromatic rings. The van der Waals surface area contributed by atoms with E-state index in [0.717, 1.165) is 75.4 Å². The number of nitrogens with two attached hydrogens (primary N) is 1. The van der Waals surface area contributed by atoms with Crippen LogP contribution in [0.1, 0.15) is 56.6 Å². The Labute approximate surface area is 273 Å². The fraction of sp³-hybridized carbons (Fsp3) is 0.412. The van der Waals surface area contributed by atoms with E-state index in [-0.39, 0.29) is 18.4 Å². The minimum atomic E-state index is -1.03. The van der Waals surface area contributed by atoms with Crippen LogP contribution < -0.4 is 11.1 Å². The van der Waals surface area contributed by atoms with E-state index < -0.39 is 17.9 Å². The zero-order valence-corrected chi connectivity index (χ0v) is 26.7. The molecule has 1 unspecified atom stereocenters. The molecule has 13 nitrogen and oxygen atoms in total. The highest BCUT2D eigenvalue weighted by molar-refractivity contribution is 6.00. The molecule has 2 fully saturated rings. The summed E-state index contributed by atoms with van der Waals surface area (Å²) >= 11 is 0. The molecule has 6 rings (SSSR count). The first kappa shape index (κ1) is 33.5. The Morgan fingerprint density at radius 1 is 0.915 bits per heavy atom. The van der Waals surface area contributed by atoms with Gasteiger partial charge < -0.3 is 26.2 Å². The number of likely N-dealkylation sites (N-methyl/N-ethyl adjacent to an activating group) is 1. The fourth-order valence-corrected chi connectivity index (χ4v) is 6.47. The summed E-state index contributed by atoms with van der Waals surface area (Å²) in [6.45, 7) is 5.60. The average molecular weight is 643 g/mol. The van der Waals surface area contributed by atoms with Crippen molar-refractivity contribution in [2.75, 3.05) is 44.3 Å². The van der Waals surface area contributed by atoms with E-state index >= 15 is 0 Å². The van der Waals surface area contributed by atoms with Crippen molar-refractivity contribution in [1.82, 2.24) is 29.5 Å². The molecule has 1 aliphatic heterocycles. The second-order valence-corrected chi connectivity index (χ2v) is 12.2. The van der Waals surface area contributed by atoms with E-state index in [1.807, 2.05) is 22.9 Å². The molecule has 47 heavy (non-hydrogen) atoms. The minimum Gasteiger partial charge on any atom is -0.481 e. The Bertz CT molecular complexity index is 1670. The van der Waals surface area contributed by atoms with Gasteiger partial charge in [0, 0.05) is 50.4 Å². The van der Waals surface area contributed by atoms with E-state index in [0.29, 0.717) is 28.8 Å². The molecule has 3 heterocycles. The number of piperazine rings is 1. The molecular formula is C34H42N8O5. The summed E-state index contributed by atoms with van der Waals surface area (Å²) in [5.74, 6) is -2.66. The predicted octanol–water partition coefficient (Wildman–Crippen LogP) is 4.09. The standard InChI is InChI=1S/C32H38N8O3.C2H4O2/c1-38-15-17-39(18-16-38)24-11-13-25(14-12-24)40-31-28(30(33)34-20-35-31)29(37-40)22-7-9-23(10-8-22)36-32(43)26(19-27(41)42)21-5-3-2-4-6-21;1-2(3)4/h2-10,20,24-26H,11-19H2,1H3,(H,36,43)(H,41,42)(H2,33,34,35);1H3,(H,3,4). The number of carbonyl (C=O) groups excluding carboxylic acids is 1. The molecule has 2 aromatic carbocycles. The number of nitrogens with one attached hydrogen (secondary N) is 1. The number of hydrogen-bond acceptors (Lipinski definition) is 9. The van der Waals surface area contributed by atoms with Crippen LogP contribution >= 0.6 is 0 Å². The van der Waals surface area contributed by atoms with Crippen LogP contribution in [0.3, 0.4) is 0 Å². The van der Waals surface area contributed by atoms with E-state index in [1.54, 1.807) is 36.4 Å². The molecule has 0 radical (unpaired) electrons. The smallest absolute Gasteiger partial charge is 0.304 e. The molecular weight excluding hydrogens is 600 g/mol. The third-order valence-electron chi connectivity index (χ3n) is 8.91. The summed E-state index contributed by atoms with van der Waals surface area (Å²) in [5, 5.41) is 25.5. The number of carboxylic acids is 2. The van der Waals surface area contributed by atoms with Crippen molar-refractivity contribution >= 4 is 40.4 Å². The highest BCUT2D eigenvalue weighted by Gasteiger charge is 2.31. The maximum atomic E-state index is 13.1. The molecule has 2 aliphatic rings. The SMILES string of the molecule is CC(=O)O.CN1CCN(C2CCC(n3nc(-c4ccc(NC(=O)C(CC(=O)O)c5ccccc5)cc4)c4c(N)ncnc43)CC2)CC1. The first-order valence-electron chi connectivity index (χ1n) is 15.9. The predicted molar refractivity (Wildman–Crippen MR) is 179 cm³/mol. The molecule has 248 valence electrons. The van der Waals surface area contributed by atoms with Crippen LogP contribution in [0.25, 0.3) is 22.3 Å². The third kappa shape index (κ3) is 8.29. The summed E-state index contributed by atoms with van der Waals surface area (Å²) < 4.78 is 2.04. The number of nitrogens with zero attached hydrogens (tertiary/aromatic N) is 6. The lowest BCUT2D eigenvalue weighted by Crippen LogP contribution is -2.49. The van der Waals surface area contributed by atoms with Gasteiger partial charge in [-0.15, -0.1) is 0 Å². The first-order chi connectivity index (χ1) is 22.6. The summed E-state index contributed by atoms with van der Waals surface area (Å²) in [6.07, 6.45) is 5.52. The fourth-order valence-electron chi connectivity index (χ4n) is 6.47. The first-order valence-corrected chi connectivity index (χ1v) is 15.9. The van der Waals surface area contributed by atoms with Gasteiger partial charge in [0.2, 0.25) is 5.91 Å². The molecule has 5 N–H and O–H groups in total. The van der Waals surface area contributed by atoms with Crippen molar-refractivity contribution in [2.24, 2.45) is 0 Å². The van der Waals surface area contributed by atoms with Gasteiger partial charge in [-0.3, -0.25) is 19.3 Å². The zero-order chi connectivity index (χ0) is 33.5. The molecule has 1 saturated heterocycles. The van der Waals surface area contributed by atoms with Crippen molar-refractivity contribution in [3.8, 4) is 11.3 Å². The molecule has 1 aliphatic carbocycles. The van der Waals surface area contributed by atoms with Crippen molar-refractivity contribution < 1.29 is 24.6 Å². The van der Waals surface area contributed by atoms with Crippen LogP contribution in [-0.4, -0.2) is 96.9 Å². The van der Waals surface area contributed by atoms with Gasteiger partial charge >= 0.3 is 5.97 Å². The van der Waals surface area contributed by atoms with Gasteiger partial charge in [0.25, 0.3) is 5.97 Å². The number of aromatic nitrogens is 4. The van der Waals surface area contributed by atoms with Crippen LogP contribution in [0.4, 0.5) is 11.5 Å². The Kier molecular flexibility index (Phi) is 10.8. The topological polar surface area (TPSA) is 180 Å². The van der Waals surface area contributed by atoms with Crippen molar-refractivity contribution in [3.63, 3.8) is 0 Å². The Balaban J connectivity index is 0.00000103. The van der Waals surface area contributed by atoms with Crippen molar-refractivity contribution in [1.29, 1.82) is 0 Å². The maximum absolute atomic E-state index is 13.1. The van der Waals surface area contributed by atoms with Gasteiger partial charge in [-0.1, -0.05) is 42.5 Å². The van der Waals surface area contributed by atoms with Crippen molar-refractivity contribution in [3.05, 3.63) is 66.5 Å². The molecule has 1 saturated carbocycles. The van der Waals surface area contributed by atoms with Gasteiger partial charge in [0.15, 0.2) is 5.65 Å². The van der Waals surface area contributed by atoms with Crippen LogP contribution in [0.5, 0.6) is 0 Å². The van der Waals surface area contributed by atoms with Gasteiger partial charge in [-0.25, -0.2) is 14.6 Å². The Morgan fingerprint density at radius 3 is 2.15 bits per heavy atom. The number of hydrogen-bond donors (Lipinski definition) is 4. The monoisotopic (exact) mass is 642 g/mol. The Morgan fingerprint density at radius 2 is 1.53 bits per heavy atom. The second-order valence-electron chi connectivity index (χ2n) is 12.2. The number of nitrogen functional groups attached to an aromatic ring is 1. The molecule has 1 atom stereocenters.